The predicted octanol–water partition coefficient (Wildman–Crippen LogP) is 3.15. The van der Waals surface area contributed by atoms with Gasteiger partial charge in [-0.05, 0) is 44.7 Å². The number of nitrogens with zero attached hydrogens (tertiary/aromatic N) is 1. The van der Waals surface area contributed by atoms with Gasteiger partial charge in [0.05, 0.1) is 0 Å². The summed E-state index contributed by atoms with van der Waals surface area (Å²) in [5.74, 6) is 1.23. The molecule has 1 aliphatic heterocycles. The first-order valence-corrected chi connectivity index (χ1v) is 7.82. The molecule has 3 heteroatoms. The molecule has 0 aliphatic carbocycles. The molecule has 0 radical (unpaired) electrons. The van der Waals surface area contributed by atoms with Crippen LogP contribution in [0.25, 0.3) is 0 Å². The highest BCUT2D eigenvalue weighted by molar-refractivity contribution is 7.99. The van der Waals surface area contributed by atoms with E-state index in [0.29, 0.717) is 12.1 Å². The van der Waals surface area contributed by atoms with Crippen LogP contribution in [0.15, 0.2) is 29.2 Å². The lowest BCUT2D eigenvalue weighted by Crippen LogP contribution is -2.35. The fourth-order valence-electron chi connectivity index (χ4n) is 2.23. The molecule has 0 aromatic heterocycles. The van der Waals surface area contributed by atoms with E-state index in [1.807, 2.05) is 11.8 Å². The normalized spacial score (nSPS) is 19.3. The molecule has 1 unspecified atom stereocenters. The zero-order valence-corrected chi connectivity index (χ0v) is 12.5. The third-order valence-corrected chi connectivity index (χ3v) is 4.82. The van der Waals surface area contributed by atoms with Gasteiger partial charge < -0.3 is 10.2 Å². The second-order valence-corrected chi connectivity index (χ2v) is 6.39. The van der Waals surface area contributed by atoms with E-state index in [9.17, 15) is 0 Å². The van der Waals surface area contributed by atoms with Crippen molar-refractivity contribution in [2.24, 2.45) is 0 Å². The smallest absolute Gasteiger partial charge is 0.0339 e. The highest BCUT2D eigenvalue weighted by Crippen LogP contribution is 2.35. The van der Waals surface area contributed by atoms with Gasteiger partial charge in [-0.1, -0.05) is 18.2 Å². The number of likely N-dealkylation sites (N-methyl/N-ethyl adjacent to an activating group) is 1. The summed E-state index contributed by atoms with van der Waals surface area (Å²) in [6, 6.07) is 9.98. The first-order chi connectivity index (χ1) is 8.68. The summed E-state index contributed by atoms with van der Waals surface area (Å²) in [7, 11) is 2.19. The molecule has 1 aliphatic rings. The Bertz CT molecular complexity index is 379. The topological polar surface area (TPSA) is 15.3 Å². The number of hydrogen-bond acceptors (Lipinski definition) is 3. The molecular formula is C15H24N2S. The average molecular weight is 264 g/mol. The van der Waals surface area contributed by atoms with Gasteiger partial charge in [0.1, 0.15) is 0 Å². The number of benzene rings is 1. The second kappa shape index (κ2) is 6.60. The van der Waals surface area contributed by atoms with Gasteiger partial charge in [-0.25, -0.2) is 0 Å². The highest BCUT2D eigenvalue weighted by atomic mass is 32.2. The molecule has 1 aromatic carbocycles. The van der Waals surface area contributed by atoms with Crippen LogP contribution >= 0.6 is 11.8 Å². The summed E-state index contributed by atoms with van der Waals surface area (Å²) in [6.45, 7) is 6.67. The molecule has 2 rings (SSSR count). The molecule has 0 spiro atoms. The first kappa shape index (κ1) is 13.9. The minimum atomic E-state index is 0.544. The molecule has 1 N–H and O–H groups in total. The number of nitrogens with one attached hydrogen (secondary N) is 1. The zero-order chi connectivity index (χ0) is 13.0. The fraction of sp³-hybridized carbons (Fsp3) is 0.600. The fourth-order valence-corrected chi connectivity index (χ4v) is 3.35. The maximum absolute atomic E-state index is 3.71. The van der Waals surface area contributed by atoms with Crippen molar-refractivity contribution >= 4 is 11.8 Å². The summed E-state index contributed by atoms with van der Waals surface area (Å²) < 4.78 is 0. The van der Waals surface area contributed by atoms with Crippen LogP contribution in [0.2, 0.25) is 0 Å². The van der Waals surface area contributed by atoms with E-state index in [1.54, 1.807) is 0 Å². The summed E-state index contributed by atoms with van der Waals surface area (Å²) in [6.07, 6.45) is 1.24. The van der Waals surface area contributed by atoms with E-state index >= 15 is 0 Å². The maximum Gasteiger partial charge on any atom is 0.0339 e. The third-order valence-electron chi connectivity index (χ3n) is 3.70. The van der Waals surface area contributed by atoms with Crippen molar-refractivity contribution in [1.82, 2.24) is 10.2 Å². The molecule has 0 saturated carbocycles. The van der Waals surface area contributed by atoms with Crippen molar-refractivity contribution in [1.29, 1.82) is 0 Å². The number of fused-ring (bicyclic) bond motifs is 1. The lowest BCUT2D eigenvalue weighted by atomic mass is 10.0. The van der Waals surface area contributed by atoms with Gasteiger partial charge in [-0.15, -0.1) is 11.8 Å². The SMILES string of the molecule is CC(C)N(C)CCNC1CCSc2ccccc21. The van der Waals surface area contributed by atoms with Crippen LogP contribution in [0, 0.1) is 0 Å². The van der Waals surface area contributed by atoms with Gasteiger partial charge in [0.15, 0.2) is 0 Å². The third kappa shape index (κ3) is 3.50. The van der Waals surface area contributed by atoms with Gasteiger partial charge >= 0.3 is 0 Å². The quantitative estimate of drug-likeness (QED) is 0.879. The molecule has 100 valence electrons. The molecule has 1 heterocycles. The molecule has 0 saturated heterocycles. The van der Waals surface area contributed by atoms with Gasteiger partial charge in [0.25, 0.3) is 0 Å². The lowest BCUT2D eigenvalue weighted by molar-refractivity contribution is 0.268. The Morgan fingerprint density at radius 3 is 2.94 bits per heavy atom. The largest absolute Gasteiger partial charge is 0.309 e. The van der Waals surface area contributed by atoms with Crippen molar-refractivity contribution in [3.05, 3.63) is 29.8 Å². The molecule has 1 atom stereocenters. The van der Waals surface area contributed by atoms with Crippen LogP contribution in [0.1, 0.15) is 31.9 Å². The highest BCUT2D eigenvalue weighted by Gasteiger charge is 2.19. The Labute approximate surface area is 115 Å². The van der Waals surface area contributed by atoms with E-state index < -0.39 is 0 Å². The minimum absolute atomic E-state index is 0.544. The number of hydrogen-bond donors (Lipinski definition) is 1. The van der Waals surface area contributed by atoms with Crippen LogP contribution in [0.3, 0.4) is 0 Å². The van der Waals surface area contributed by atoms with Crippen molar-refractivity contribution < 1.29 is 0 Å². The van der Waals surface area contributed by atoms with Gasteiger partial charge in [-0.3, -0.25) is 0 Å². The lowest BCUT2D eigenvalue weighted by Gasteiger charge is -2.28. The van der Waals surface area contributed by atoms with Crippen molar-refractivity contribution in [2.45, 2.75) is 37.2 Å². The Morgan fingerprint density at radius 1 is 1.39 bits per heavy atom. The van der Waals surface area contributed by atoms with E-state index in [2.05, 4.69) is 55.4 Å². The standard InChI is InChI=1S/C15H24N2S/c1-12(2)17(3)10-9-16-14-8-11-18-15-7-5-4-6-13(14)15/h4-7,12,14,16H,8-11H2,1-3H3. The number of rotatable bonds is 5. The Morgan fingerprint density at radius 2 is 2.17 bits per heavy atom. The van der Waals surface area contributed by atoms with Crippen LogP contribution in [-0.2, 0) is 0 Å². The minimum Gasteiger partial charge on any atom is -0.309 e. The molecule has 18 heavy (non-hydrogen) atoms. The van der Waals surface area contributed by atoms with Crippen LogP contribution in [0.5, 0.6) is 0 Å². The molecular weight excluding hydrogens is 240 g/mol. The average Bonchev–Trinajstić information content (AvgIpc) is 2.38. The summed E-state index contributed by atoms with van der Waals surface area (Å²) >= 11 is 1.99. The van der Waals surface area contributed by atoms with Crippen molar-refractivity contribution in [2.75, 3.05) is 25.9 Å². The monoisotopic (exact) mass is 264 g/mol. The maximum atomic E-state index is 3.71. The van der Waals surface area contributed by atoms with E-state index in [1.165, 1.54) is 22.6 Å². The van der Waals surface area contributed by atoms with Crippen LogP contribution < -0.4 is 5.32 Å². The Balaban J connectivity index is 1.88. The first-order valence-electron chi connectivity index (χ1n) is 6.84. The second-order valence-electron chi connectivity index (χ2n) is 5.26. The van der Waals surface area contributed by atoms with Crippen LogP contribution in [0.4, 0.5) is 0 Å². The molecule has 1 aromatic rings. The molecule has 2 nitrogen and oxygen atoms in total. The zero-order valence-electron chi connectivity index (χ0n) is 11.6. The summed E-state index contributed by atoms with van der Waals surface area (Å²) in [4.78, 5) is 3.84. The summed E-state index contributed by atoms with van der Waals surface area (Å²) in [5.41, 5.74) is 1.49. The summed E-state index contributed by atoms with van der Waals surface area (Å²) in [5, 5.41) is 3.71. The van der Waals surface area contributed by atoms with Gasteiger partial charge in [-0.2, -0.15) is 0 Å². The molecule has 0 bridgehead atoms. The Kier molecular flexibility index (Phi) is 5.10. The number of thioether (sulfide) groups is 1. The van der Waals surface area contributed by atoms with Gasteiger partial charge in [0.2, 0.25) is 0 Å². The van der Waals surface area contributed by atoms with E-state index in [-0.39, 0.29) is 0 Å². The predicted molar refractivity (Wildman–Crippen MR) is 80.3 cm³/mol. The van der Waals surface area contributed by atoms with Gasteiger partial charge in [0, 0.05) is 30.1 Å². The molecule has 0 amide bonds. The van der Waals surface area contributed by atoms with Crippen molar-refractivity contribution in [3.63, 3.8) is 0 Å². The van der Waals surface area contributed by atoms with Crippen LogP contribution in [-0.4, -0.2) is 36.8 Å². The Hall–Kier alpha value is -0.510. The van der Waals surface area contributed by atoms with E-state index in [0.717, 1.165) is 13.1 Å². The van der Waals surface area contributed by atoms with E-state index in [4.69, 9.17) is 0 Å². The van der Waals surface area contributed by atoms with Crippen molar-refractivity contribution in [3.8, 4) is 0 Å². The molecule has 0 fully saturated rings.